The molecule has 3 aliphatic rings. The minimum absolute atomic E-state index is 0.117. The van der Waals surface area contributed by atoms with Crippen molar-refractivity contribution in [2.75, 3.05) is 37.7 Å². The molecule has 3 fully saturated rings. The molecule has 188 valence electrons. The predicted octanol–water partition coefficient (Wildman–Crippen LogP) is 1.87. The maximum atomic E-state index is 12.8. The molecule has 10 nitrogen and oxygen atoms in total. The number of nitrogens with zero attached hydrogens (tertiary/aromatic N) is 6. The molecule has 0 aromatic carbocycles. The number of fused-ring (bicyclic) bond motifs is 1. The van der Waals surface area contributed by atoms with E-state index in [4.69, 9.17) is 9.72 Å². The number of ether oxygens (including phenoxy) is 1. The number of H-pyrrole nitrogens is 1. The van der Waals surface area contributed by atoms with Crippen molar-refractivity contribution in [1.82, 2.24) is 29.9 Å². The van der Waals surface area contributed by atoms with Gasteiger partial charge in [0.05, 0.1) is 43.6 Å². The third kappa shape index (κ3) is 4.22. The van der Waals surface area contributed by atoms with Gasteiger partial charge in [-0.1, -0.05) is 18.3 Å². The van der Waals surface area contributed by atoms with E-state index in [9.17, 15) is 9.90 Å². The van der Waals surface area contributed by atoms with Crippen LogP contribution in [0.25, 0.3) is 16.9 Å². The van der Waals surface area contributed by atoms with Gasteiger partial charge in [0.15, 0.2) is 11.5 Å². The van der Waals surface area contributed by atoms with E-state index in [0.29, 0.717) is 37.6 Å². The zero-order valence-electron chi connectivity index (χ0n) is 20.5. The standard InChI is InChI=1S/C26H31N7O3/c1-18-16-36-13-12-32(18)23-14-20(21-15-28-33(24(21)29-23)22-7-10-27-30-22)6-9-26(35)8-3-11-31(17-26)25(34)19-4-2-5-19/h7,10,14-15,18-19,35H,2-5,8,11-13,16-17H2,1H3,(H,27,30)/t18-,26?/m1/s1. The fourth-order valence-electron chi connectivity index (χ4n) is 5.27. The van der Waals surface area contributed by atoms with Crippen LogP contribution >= 0.6 is 0 Å². The van der Waals surface area contributed by atoms with E-state index >= 15 is 0 Å². The molecule has 36 heavy (non-hydrogen) atoms. The van der Waals surface area contributed by atoms with Crippen molar-refractivity contribution in [1.29, 1.82) is 0 Å². The van der Waals surface area contributed by atoms with Gasteiger partial charge in [0.1, 0.15) is 11.4 Å². The van der Waals surface area contributed by atoms with Crippen LogP contribution < -0.4 is 4.90 Å². The highest BCUT2D eigenvalue weighted by Crippen LogP contribution is 2.31. The Morgan fingerprint density at radius 2 is 2.19 bits per heavy atom. The number of β-amino-alcohol motifs (C(OH)–C–C–N with tert-alkyl or cyclic N) is 1. The number of nitrogens with one attached hydrogen (secondary N) is 1. The lowest BCUT2D eigenvalue weighted by atomic mass is 9.83. The number of aromatic amines is 1. The molecule has 5 heterocycles. The molecule has 2 saturated heterocycles. The van der Waals surface area contributed by atoms with E-state index in [-0.39, 0.29) is 24.4 Å². The van der Waals surface area contributed by atoms with Crippen molar-refractivity contribution in [3.63, 3.8) is 0 Å². The first-order valence-corrected chi connectivity index (χ1v) is 12.8. The Kier molecular flexibility index (Phi) is 5.90. The van der Waals surface area contributed by atoms with Gasteiger partial charge in [0, 0.05) is 30.6 Å². The van der Waals surface area contributed by atoms with Gasteiger partial charge in [-0.15, -0.1) is 0 Å². The van der Waals surface area contributed by atoms with E-state index in [1.165, 1.54) is 0 Å². The summed E-state index contributed by atoms with van der Waals surface area (Å²) in [6.07, 6.45) is 7.73. The van der Waals surface area contributed by atoms with Crippen molar-refractivity contribution in [3.8, 4) is 17.7 Å². The molecule has 1 aliphatic carbocycles. The second-order valence-electron chi connectivity index (χ2n) is 10.2. The number of aliphatic hydroxyl groups is 1. The summed E-state index contributed by atoms with van der Waals surface area (Å²) in [6.45, 7) is 5.05. The van der Waals surface area contributed by atoms with Gasteiger partial charge in [-0.05, 0) is 38.7 Å². The number of carbonyl (C=O) groups excluding carboxylic acids is 1. The highest BCUT2D eigenvalue weighted by Gasteiger charge is 2.37. The van der Waals surface area contributed by atoms with E-state index in [1.54, 1.807) is 22.0 Å². The summed E-state index contributed by atoms with van der Waals surface area (Å²) in [5.74, 6) is 8.17. The molecule has 6 rings (SSSR count). The van der Waals surface area contributed by atoms with E-state index < -0.39 is 5.60 Å². The van der Waals surface area contributed by atoms with Crippen molar-refractivity contribution in [2.45, 2.75) is 50.7 Å². The Bertz CT molecular complexity index is 1320. The number of morpholine rings is 1. The molecule has 2 N–H and O–H groups in total. The van der Waals surface area contributed by atoms with E-state index in [2.05, 4.69) is 39.0 Å². The Morgan fingerprint density at radius 1 is 1.31 bits per heavy atom. The number of anilines is 1. The molecule has 1 saturated carbocycles. The Balaban J connectivity index is 1.37. The molecule has 0 bridgehead atoms. The van der Waals surface area contributed by atoms with Crippen LogP contribution in [0.15, 0.2) is 24.5 Å². The van der Waals surface area contributed by atoms with Crippen LogP contribution in [-0.2, 0) is 9.53 Å². The Morgan fingerprint density at radius 3 is 2.94 bits per heavy atom. The highest BCUT2D eigenvalue weighted by atomic mass is 16.5. The molecule has 2 atom stereocenters. The number of hydrogen-bond donors (Lipinski definition) is 2. The summed E-state index contributed by atoms with van der Waals surface area (Å²) in [5, 5.41) is 23.7. The monoisotopic (exact) mass is 489 g/mol. The number of amides is 1. The van der Waals surface area contributed by atoms with Gasteiger partial charge in [0.25, 0.3) is 0 Å². The number of hydrogen-bond acceptors (Lipinski definition) is 7. The quantitative estimate of drug-likeness (QED) is 0.540. The second kappa shape index (κ2) is 9.22. The van der Waals surface area contributed by atoms with Crippen LogP contribution in [0.5, 0.6) is 0 Å². The molecule has 2 aliphatic heterocycles. The van der Waals surface area contributed by atoms with Crippen molar-refractivity contribution in [2.24, 2.45) is 5.92 Å². The smallest absolute Gasteiger partial charge is 0.225 e. The third-order valence-corrected chi connectivity index (χ3v) is 7.57. The lowest BCUT2D eigenvalue weighted by Crippen LogP contribution is -2.52. The van der Waals surface area contributed by atoms with Gasteiger partial charge in [-0.25, -0.2) is 4.98 Å². The summed E-state index contributed by atoms with van der Waals surface area (Å²) in [4.78, 5) is 21.8. The van der Waals surface area contributed by atoms with Crippen molar-refractivity contribution in [3.05, 3.63) is 30.1 Å². The van der Waals surface area contributed by atoms with Gasteiger partial charge >= 0.3 is 0 Å². The summed E-state index contributed by atoms with van der Waals surface area (Å²) in [6, 6.07) is 3.98. The maximum Gasteiger partial charge on any atom is 0.225 e. The number of pyridine rings is 1. The summed E-state index contributed by atoms with van der Waals surface area (Å²) >= 11 is 0. The fraction of sp³-hybridized carbons (Fsp3) is 0.538. The van der Waals surface area contributed by atoms with Crippen molar-refractivity contribution < 1.29 is 14.6 Å². The molecule has 0 radical (unpaired) electrons. The number of carbonyl (C=O) groups is 1. The SMILES string of the molecule is C[C@@H]1COCCN1c1cc(C#CC2(O)CCCN(C(=O)C3CCC3)C2)c2cnn(-c3ccn[nH]3)c2n1. The van der Waals surface area contributed by atoms with Crippen LogP contribution in [0.3, 0.4) is 0 Å². The lowest BCUT2D eigenvalue weighted by molar-refractivity contribution is -0.143. The summed E-state index contributed by atoms with van der Waals surface area (Å²) < 4.78 is 7.34. The molecule has 1 amide bonds. The first-order valence-electron chi connectivity index (χ1n) is 12.8. The van der Waals surface area contributed by atoms with Gasteiger partial charge in [0.2, 0.25) is 5.91 Å². The van der Waals surface area contributed by atoms with Crippen LogP contribution in [0.1, 0.15) is 44.6 Å². The average Bonchev–Trinajstić information content (AvgIpc) is 3.52. The van der Waals surface area contributed by atoms with Crippen LogP contribution in [-0.4, -0.2) is 85.4 Å². The molecule has 1 unspecified atom stereocenters. The Hall–Kier alpha value is -3.42. The zero-order chi connectivity index (χ0) is 24.7. The fourth-order valence-corrected chi connectivity index (χ4v) is 5.27. The topological polar surface area (TPSA) is 112 Å². The zero-order valence-corrected chi connectivity index (χ0v) is 20.5. The second-order valence-corrected chi connectivity index (χ2v) is 10.2. The molecule has 0 spiro atoms. The normalized spacial score (nSPS) is 24.9. The minimum atomic E-state index is -1.24. The first-order chi connectivity index (χ1) is 17.5. The number of likely N-dealkylation sites (tertiary alicyclic amines) is 1. The minimum Gasteiger partial charge on any atom is -0.377 e. The molecular formula is C26H31N7O3. The van der Waals surface area contributed by atoms with Gasteiger partial charge in [-0.2, -0.15) is 14.9 Å². The van der Waals surface area contributed by atoms with Crippen LogP contribution in [0.4, 0.5) is 5.82 Å². The number of piperidine rings is 1. The van der Waals surface area contributed by atoms with Gasteiger partial charge in [-0.3, -0.25) is 9.89 Å². The molecule has 3 aromatic rings. The predicted molar refractivity (Wildman–Crippen MR) is 134 cm³/mol. The molecular weight excluding hydrogens is 458 g/mol. The maximum absolute atomic E-state index is 12.8. The summed E-state index contributed by atoms with van der Waals surface area (Å²) in [5.41, 5.74) is 0.173. The van der Waals surface area contributed by atoms with Gasteiger partial charge < -0.3 is 19.6 Å². The molecule has 3 aromatic heterocycles. The third-order valence-electron chi connectivity index (χ3n) is 7.57. The summed E-state index contributed by atoms with van der Waals surface area (Å²) in [7, 11) is 0. The largest absolute Gasteiger partial charge is 0.377 e. The van der Waals surface area contributed by atoms with Crippen LogP contribution in [0, 0.1) is 17.8 Å². The van der Waals surface area contributed by atoms with Crippen LogP contribution in [0.2, 0.25) is 0 Å². The lowest BCUT2D eigenvalue weighted by Gasteiger charge is -2.39. The number of rotatable bonds is 3. The Labute approximate surface area is 209 Å². The van der Waals surface area contributed by atoms with E-state index in [1.807, 2.05) is 12.1 Å². The average molecular weight is 490 g/mol. The van der Waals surface area contributed by atoms with Crippen molar-refractivity contribution >= 4 is 22.8 Å². The highest BCUT2D eigenvalue weighted by molar-refractivity contribution is 5.85. The van der Waals surface area contributed by atoms with E-state index in [0.717, 1.165) is 49.0 Å². The number of aromatic nitrogens is 5. The first kappa shape index (κ1) is 23.0. The molecule has 10 heteroatoms.